The van der Waals surface area contributed by atoms with Gasteiger partial charge in [-0.25, -0.2) is 4.79 Å². The summed E-state index contributed by atoms with van der Waals surface area (Å²) in [5, 5.41) is 11.3. The number of carbonyl (C=O) groups is 2. The standard InChI is InChI=1S/C16H23NO5/c1-12(2)10-21-8-4-7-17-16(20)13-5-3-6-14(9-13)22-11-15(18)19/h3,5-6,9,12H,4,7-8,10-11H2,1-2H3,(H,17,20)(H,18,19). The summed E-state index contributed by atoms with van der Waals surface area (Å²) in [5.41, 5.74) is 0.436. The zero-order valence-electron chi connectivity index (χ0n) is 13.0. The van der Waals surface area contributed by atoms with Crippen LogP contribution in [0.4, 0.5) is 0 Å². The van der Waals surface area contributed by atoms with Crippen LogP contribution in [0.15, 0.2) is 24.3 Å². The van der Waals surface area contributed by atoms with E-state index >= 15 is 0 Å². The maximum Gasteiger partial charge on any atom is 0.341 e. The summed E-state index contributed by atoms with van der Waals surface area (Å²) in [6, 6.07) is 6.43. The first-order valence-corrected chi connectivity index (χ1v) is 7.29. The molecule has 0 aliphatic heterocycles. The third-order valence-electron chi connectivity index (χ3n) is 2.66. The van der Waals surface area contributed by atoms with Gasteiger partial charge in [-0.3, -0.25) is 4.79 Å². The van der Waals surface area contributed by atoms with E-state index in [2.05, 4.69) is 19.2 Å². The number of hydrogen-bond donors (Lipinski definition) is 2. The highest BCUT2D eigenvalue weighted by atomic mass is 16.5. The third kappa shape index (κ3) is 7.64. The van der Waals surface area contributed by atoms with Crippen LogP contribution < -0.4 is 10.1 Å². The Morgan fingerprint density at radius 3 is 2.77 bits per heavy atom. The molecular formula is C16H23NO5. The molecule has 22 heavy (non-hydrogen) atoms. The van der Waals surface area contributed by atoms with Gasteiger partial charge in [0.15, 0.2) is 6.61 Å². The van der Waals surface area contributed by atoms with E-state index in [1.165, 1.54) is 6.07 Å². The van der Waals surface area contributed by atoms with Crippen molar-refractivity contribution in [1.82, 2.24) is 5.32 Å². The van der Waals surface area contributed by atoms with Gasteiger partial charge in [-0.15, -0.1) is 0 Å². The lowest BCUT2D eigenvalue weighted by atomic mass is 10.2. The van der Waals surface area contributed by atoms with Crippen LogP contribution >= 0.6 is 0 Å². The molecule has 0 radical (unpaired) electrons. The molecule has 122 valence electrons. The van der Waals surface area contributed by atoms with Crippen LogP contribution in [-0.2, 0) is 9.53 Å². The number of aliphatic carboxylic acids is 1. The molecule has 1 rings (SSSR count). The van der Waals surface area contributed by atoms with Crippen molar-refractivity contribution >= 4 is 11.9 Å². The van der Waals surface area contributed by atoms with E-state index < -0.39 is 12.6 Å². The van der Waals surface area contributed by atoms with Crippen LogP contribution in [0, 0.1) is 5.92 Å². The van der Waals surface area contributed by atoms with E-state index in [9.17, 15) is 9.59 Å². The first-order chi connectivity index (χ1) is 10.5. The first kappa shape index (κ1) is 18.0. The van der Waals surface area contributed by atoms with Crippen molar-refractivity contribution in [2.24, 2.45) is 5.92 Å². The Bertz CT molecular complexity index is 487. The molecule has 1 amide bonds. The lowest BCUT2D eigenvalue weighted by Gasteiger charge is -2.09. The summed E-state index contributed by atoms with van der Waals surface area (Å²) >= 11 is 0. The Hall–Kier alpha value is -2.08. The first-order valence-electron chi connectivity index (χ1n) is 7.29. The molecule has 0 unspecified atom stereocenters. The van der Waals surface area contributed by atoms with Crippen molar-refractivity contribution < 1.29 is 24.2 Å². The van der Waals surface area contributed by atoms with Crippen molar-refractivity contribution in [3.05, 3.63) is 29.8 Å². The lowest BCUT2D eigenvalue weighted by molar-refractivity contribution is -0.139. The van der Waals surface area contributed by atoms with Gasteiger partial charge < -0.3 is 19.9 Å². The predicted molar refractivity (Wildman–Crippen MR) is 82.2 cm³/mol. The number of carbonyl (C=O) groups excluding carboxylic acids is 1. The van der Waals surface area contributed by atoms with Crippen molar-refractivity contribution in [2.75, 3.05) is 26.4 Å². The fourth-order valence-electron chi connectivity index (χ4n) is 1.67. The van der Waals surface area contributed by atoms with Crippen molar-refractivity contribution in [3.63, 3.8) is 0 Å². The maximum atomic E-state index is 12.0. The molecule has 0 atom stereocenters. The number of ether oxygens (including phenoxy) is 2. The smallest absolute Gasteiger partial charge is 0.341 e. The van der Waals surface area contributed by atoms with Gasteiger partial charge in [0, 0.05) is 25.3 Å². The average molecular weight is 309 g/mol. The molecule has 0 saturated carbocycles. The SMILES string of the molecule is CC(C)COCCCNC(=O)c1cccc(OCC(=O)O)c1. The summed E-state index contributed by atoms with van der Waals surface area (Å²) in [4.78, 5) is 22.4. The molecule has 6 heteroatoms. The van der Waals surface area contributed by atoms with Crippen LogP contribution in [0.3, 0.4) is 0 Å². The molecule has 0 fully saturated rings. The molecule has 2 N–H and O–H groups in total. The number of carboxylic acid groups (broad SMARTS) is 1. The maximum absolute atomic E-state index is 12.0. The zero-order valence-corrected chi connectivity index (χ0v) is 13.0. The van der Waals surface area contributed by atoms with Gasteiger partial charge in [0.25, 0.3) is 5.91 Å². The minimum Gasteiger partial charge on any atom is -0.482 e. The minimum absolute atomic E-state index is 0.218. The zero-order chi connectivity index (χ0) is 16.4. The summed E-state index contributed by atoms with van der Waals surface area (Å²) in [6.45, 7) is 5.59. The van der Waals surface area contributed by atoms with Crippen molar-refractivity contribution in [3.8, 4) is 5.75 Å². The summed E-state index contributed by atoms with van der Waals surface area (Å²) in [5.74, 6) is -0.417. The van der Waals surface area contributed by atoms with Gasteiger partial charge in [0.05, 0.1) is 0 Å². The van der Waals surface area contributed by atoms with Crippen molar-refractivity contribution in [2.45, 2.75) is 20.3 Å². The van der Waals surface area contributed by atoms with Gasteiger partial charge in [-0.1, -0.05) is 19.9 Å². The average Bonchev–Trinajstić information content (AvgIpc) is 2.48. The van der Waals surface area contributed by atoms with Gasteiger partial charge >= 0.3 is 5.97 Å². The quantitative estimate of drug-likeness (QED) is 0.645. The molecule has 0 aliphatic rings. The topological polar surface area (TPSA) is 84.9 Å². The summed E-state index contributed by atoms with van der Waals surface area (Å²) < 4.78 is 10.5. The number of rotatable bonds is 10. The number of carboxylic acids is 1. The molecule has 0 heterocycles. The Morgan fingerprint density at radius 1 is 1.32 bits per heavy atom. The Balaban J connectivity index is 2.32. The van der Waals surface area contributed by atoms with Crippen molar-refractivity contribution in [1.29, 1.82) is 0 Å². The summed E-state index contributed by atoms with van der Waals surface area (Å²) in [7, 11) is 0. The van der Waals surface area contributed by atoms with Gasteiger partial charge in [0.1, 0.15) is 5.75 Å². The van der Waals surface area contributed by atoms with E-state index in [0.29, 0.717) is 30.4 Å². The Labute approximate surface area is 130 Å². The largest absolute Gasteiger partial charge is 0.482 e. The molecule has 0 bridgehead atoms. The third-order valence-corrected chi connectivity index (χ3v) is 2.66. The molecule has 1 aromatic carbocycles. The molecular weight excluding hydrogens is 286 g/mol. The molecule has 0 saturated heterocycles. The van der Waals surface area contributed by atoms with Crippen LogP contribution in [0.1, 0.15) is 30.6 Å². The van der Waals surface area contributed by atoms with E-state index in [1.54, 1.807) is 18.2 Å². The molecule has 0 aromatic heterocycles. The molecule has 6 nitrogen and oxygen atoms in total. The normalized spacial score (nSPS) is 10.5. The van der Waals surface area contributed by atoms with E-state index in [-0.39, 0.29) is 5.91 Å². The highest BCUT2D eigenvalue weighted by Crippen LogP contribution is 2.13. The number of amides is 1. The second-order valence-electron chi connectivity index (χ2n) is 5.29. The van der Waals surface area contributed by atoms with Crippen LogP contribution in [-0.4, -0.2) is 43.3 Å². The van der Waals surface area contributed by atoms with E-state index in [1.807, 2.05) is 0 Å². The van der Waals surface area contributed by atoms with E-state index in [4.69, 9.17) is 14.6 Å². The number of hydrogen-bond acceptors (Lipinski definition) is 4. The Morgan fingerprint density at radius 2 is 2.09 bits per heavy atom. The fourth-order valence-corrected chi connectivity index (χ4v) is 1.67. The number of nitrogens with one attached hydrogen (secondary N) is 1. The predicted octanol–water partition coefficient (Wildman–Crippen LogP) is 1.94. The molecule has 0 aliphatic carbocycles. The second-order valence-corrected chi connectivity index (χ2v) is 5.29. The number of benzene rings is 1. The van der Waals surface area contributed by atoms with Crippen LogP contribution in [0.5, 0.6) is 5.75 Å². The fraction of sp³-hybridized carbons (Fsp3) is 0.500. The van der Waals surface area contributed by atoms with Gasteiger partial charge in [-0.2, -0.15) is 0 Å². The van der Waals surface area contributed by atoms with Gasteiger partial charge in [-0.05, 0) is 30.5 Å². The minimum atomic E-state index is -1.06. The van der Waals surface area contributed by atoms with E-state index in [0.717, 1.165) is 13.0 Å². The Kier molecular flexibility index (Phi) is 7.99. The molecule has 1 aromatic rings. The second kappa shape index (κ2) is 9.78. The summed E-state index contributed by atoms with van der Waals surface area (Å²) in [6.07, 6.45) is 0.744. The highest BCUT2D eigenvalue weighted by Gasteiger charge is 2.07. The van der Waals surface area contributed by atoms with Crippen LogP contribution in [0.25, 0.3) is 0 Å². The monoisotopic (exact) mass is 309 g/mol. The van der Waals surface area contributed by atoms with Gasteiger partial charge in [0.2, 0.25) is 0 Å². The van der Waals surface area contributed by atoms with Crippen LogP contribution in [0.2, 0.25) is 0 Å². The highest BCUT2D eigenvalue weighted by molar-refractivity contribution is 5.94. The molecule has 0 spiro atoms. The lowest BCUT2D eigenvalue weighted by Crippen LogP contribution is -2.25.